The number of rotatable bonds is 4. The molecule has 0 spiro atoms. The fraction of sp³-hybridized carbons (Fsp3) is 0.357. The number of aromatic nitrogens is 2. The average molecular weight is 229 g/mol. The Kier molecular flexibility index (Phi) is 3.59. The van der Waals surface area contributed by atoms with Crippen molar-refractivity contribution in [2.45, 2.75) is 26.7 Å². The molecule has 1 heterocycles. The summed E-state index contributed by atoms with van der Waals surface area (Å²) in [7, 11) is 0. The molecule has 0 amide bonds. The molecule has 0 bridgehead atoms. The van der Waals surface area contributed by atoms with Crippen LogP contribution in [0.2, 0.25) is 0 Å². The lowest BCUT2D eigenvalue weighted by Gasteiger charge is -2.05. The zero-order chi connectivity index (χ0) is 12.3. The molecule has 2 rings (SSSR count). The molecule has 2 aromatic rings. The fourth-order valence-corrected chi connectivity index (χ4v) is 1.94. The monoisotopic (exact) mass is 229 g/mol. The Morgan fingerprint density at radius 3 is 2.53 bits per heavy atom. The van der Waals surface area contributed by atoms with E-state index >= 15 is 0 Å². The third-order valence-corrected chi connectivity index (χ3v) is 2.93. The highest BCUT2D eigenvalue weighted by Crippen LogP contribution is 2.13. The summed E-state index contributed by atoms with van der Waals surface area (Å²) < 4.78 is 1.98. The summed E-state index contributed by atoms with van der Waals surface area (Å²) in [6.07, 6.45) is 1.90. The summed E-state index contributed by atoms with van der Waals surface area (Å²) in [4.78, 5) is 0. The first-order valence-electron chi connectivity index (χ1n) is 6.09. The van der Waals surface area contributed by atoms with Crippen LogP contribution in [0.4, 0.5) is 0 Å². The number of nitrogens with zero attached hydrogens (tertiary/aromatic N) is 2. The Balaban J connectivity index is 2.31. The molecule has 0 radical (unpaired) electrons. The van der Waals surface area contributed by atoms with E-state index < -0.39 is 0 Å². The molecule has 3 nitrogen and oxygen atoms in total. The fourth-order valence-electron chi connectivity index (χ4n) is 1.94. The van der Waals surface area contributed by atoms with Gasteiger partial charge >= 0.3 is 0 Å². The van der Waals surface area contributed by atoms with Gasteiger partial charge in [-0.05, 0) is 43.7 Å². The SMILES string of the molecule is CCc1ccc(-n2nc(CCN)cc2C)cc1. The van der Waals surface area contributed by atoms with Crippen LogP contribution >= 0.6 is 0 Å². The molecule has 0 aliphatic rings. The van der Waals surface area contributed by atoms with E-state index in [1.807, 2.05) is 4.68 Å². The zero-order valence-electron chi connectivity index (χ0n) is 10.5. The maximum absolute atomic E-state index is 5.55. The molecule has 1 aromatic heterocycles. The molecule has 2 N–H and O–H groups in total. The molecular weight excluding hydrogens is 210 g/mol. The van der Waals surface area contributed by atoms with Crippen molar-refractivity contribution >= 4 is 0 Å². The van der Waals surface area contributed by atoms with Crippen LogP contribution in [0.1, 0.15) is 23.9 Å². The minimum absolute atomic E-state index is 0.644. The standard InChI is InChI=1S/C14H19N3/c1-3-12-4-6-14(7-5-12)17-11(2)10-13(16-17)8-9-15/h4-7,10H,3,8-9,15H2,1-2H3. The van der Waals surface area contributed by atoms with E-state index in [-0.39, 0.29) is 0 Å². The first kappa shape index (κ1) is 11.9. The van der Waals surface area contributed by atoms with E-state index in [1.165, 1.54) is 5.56 Å². The van der Waals surface area contributed by atoms with E-state index in [0.717, 1.165) is 29.9 Å². The van der Waals surface area contributed by atoms with E-state index in [4.69, 9.17) is 5.73 Å². The number of nitrogens with two attached hydrogens (primary N) is 1. The molecule has 0 unspecified atom stereocenters. The van der Waals surface area contributed by atoms with Crippen molar-refractivity contribution in [3.8, 4) is 5.69 Å². The predicted octanol–water partition coefficient (Wildman–Crippen LogP) is 2.24. The summed E-state index contributed by atoms with van der Waals surface area (Å²) in [5, 5.41) is 4.56. The van der Waals surface area contributed by atoms with Gasteiger partial charge in [-0.25, -0.2) is 4.68 Å². The topological polar surface area (TPSA) is 43.8 Å². The average Bonchev–Trinajstić information content (AvgIpc) is 2.71. The van der Waals surface area contributed by atoms with Gasteiger partial charge < -0.3 is 5.73 Å². The number of hydrogen-bond donors (Lipinski definition) is 1. The van der Waals surface area contributed by atoms with Gasteiger partial charge in [0, 0.05) is 12.1 Å². The van der Waals surface area contributed by atoms with E-state index in [1.54, 1.807) is 0 Å². The summed E-state index contributed by atoms with van der Waals surface area (Å²) in [6.45, 7) is 4.87. The molecular formula is C14H19N3. The molecule has 0 saturated carbocycles. The van der Waals surface area contributed by atoms with Gasteiger partial charge in [0.25, 0.3) is 0 Å². The van der Waals surface area contributed by atoms with Crippen LogP contribution < -0.4 is 5.73 Å². The first-order chi connectivity index (χ1) is 8.24. The first-order valence-corrected chi connectivity index (χ1v) is 6.09. The summed E-state index contributed by atoms with van der Waals surface area (Å²) in [5.74, 6) is 0. The van der Waals surface area contributed by atoms with Gasteiger partial charge in [-0.1, -0.05) is 19.1 Å². The van der Waals surface area contributed by atoms with Gasteiger partial charge in [0.2, 0.25) is 0 Å². The largest absolute Gasteiger partial charge is 0.330 e. The molecule has 0 aliphatic carbocycles. The van der Waals surface area contributed by atoms with Crippen LogP contribution in [-0.4, -0.2) is 16.3 Å². The van der Waals surface area contributed by atoms with Gasteiger partial charge in [0.05, 0.1) is 11.4 Å². The molecule has 90 valence electrons. The Bertz CT molecular complexity index is 483. The lowest BCUT2D eigenvalue weighted by Crippen LogP contribution is -2.04. The lowest BCUT2D eigenvalue weighted by atomic mass is 10.1. The number of aryl methyl sites for hydroxylation is 2. The highest BCUT2D eigenvalue weighted by atomic mass is 15.3. The predicted molar refractivity (Wildman–Crippen MR) is 70.4 cm³/mol. The van der Waals surface area contributed by atoms with Crippen LogP contribution in [0, 0.1) is 6.92 Å². The third kappa shape index (κ3) is 2.56. The number of benzene rings is 1. The van der Waals surface area contributed by atoms with Crippen molar-refractivity contribution in [1.82, 2.24) is 9.78 Å². The van der Waals surface area contributed by atoms with Gasteiger partial charge in [-0.15, -0.1) is 0 Å². The Morgan fingerprint density at radius 2 is 1.94 bits per heavy atom. The maximum Gasteiger partial charge on any atom is 0.0648 e. The van der Waals surface area contributed by atoms with E-state index in [0.29, 0.717) is 6.54 Å². The minimum Gasteiger partial charge on any atom is -0.330 e. The molecule has 0 saturated heterocycles. The Hall–Kier alpha value is -1.61. The quantitative estimate of drug-likeness (QED) is 0.873. The van der Waals surface area contributed by atoms with Crippen LogP contribution in [0.15, 0.2) is 30.3 Å². The third-order valence-electron chi connectivity index (χ3n) is 2.93. The zero-order valence-corrected chi connectivity index (χ0v) is 10.5. The maximum atomic E-state index is 5.55. The molecule has 0 fully saturated rings. The van der Waals surface area contributed by atoms with E-state index in [9.17, 15) is 0 Å². The summed E-state index contributed by atoms with van der Waals surface area (Å²) >= 11 is 0. The second-order valence-electron chi connectivity index (χ2n) is 4.25. The molecule has 3 heteroatoms. The molecule has 0 atom stereocenters. The van der Waals surface area contributed by atoms with Crippen molar-refractivity contribution < 1.29 is 0 Å². The van der Waals surface area contributed by atoms with Crippen molar-refractivity contribution in [3.63, 3.8) is 0 Å². The summed E-state index contributed by atoms with van der Waals surface area (Å²) in [6, 6.07) is 10.6. The molecule has 17 heavy (non-hydrogen) atoms. The van der Waals surface area contributed by atoms with Crippen LogP contribution in [-0.2, 0) is 12.8 Å². The highest BCUT2D eigenvalue weighted by Gasteiger charge is 2.05. The van der Waals surface area contributed by atoms with Crippen LogP contribution in [0.25, 0.3) is 5.69 Å². The normalized spacial score (nSPS) is 10.8. The number of hydrogen-bond acceptors (Lipinski definition) is 2. The highest BCUT2D eigenvalue weighted by molar-refractivity contribution is 5.36. The van der Waals surface area contributed by atoms with Crippen LogP contribution in [0.3, 0.4) is 0 Å². The van der Waals surface area contributed by atoms with Gasteiger partial charge in [-0.3, -0.25) is 0 Å². The van der Waals surface area contributed by atoms with Gasteiger partial charge in [0.15, 0.2) is 0 Å². The molecule has 0 aliphatic heterocycles. The Morgan fingerprint density at radius 1 is 1.24 bits per heavy atom. The van der Waals surface area contributed by atoms with Crippen molar-refractivity contribution in [3.05, 3.63) is 47.3 Å². The summed E-state index contributed by atoms with van der Waals surface area (Å²) in [5.41, 5.74) is 10.2. The minimum atomic E-state index is 0.644. The second-order valence-corrected chi connectivity index (χ2v) is 4.25. The van der Waals surface area contributed by atoms with Crippen molar-refractivity contribution in [1.29, 1.82) is 0 Å². The van der Waals surface area contributed by atoms with Crippen molar-refractivity contribution in [2.75, 3.05) is 6.54 Å². The van der Waals surface area contributed by atoms with Crippen LogP contribution in [0.5, 0.6) is 0 Å². The van der Waals surface area contributed by atoms with Gasteiger partial charge in [-0.2, -0.15) is 5.10 Å². The second kappa shape index (κ2) is 5.15. The smallest absolute Gasteiger partial charge is 0.0648 e. The lowest BCUT2D eigenvalue weighted by molar-refractivity contribution is 0.804. The van der Waals surface area contributed by atoms with Crippen molar-refractivity contribution in [2.24, 2.45) is 5.73 Å². The van der Waals surface area contributed by atoms with Gasteiger partial charge in [0.1, 0.15) is 0 Å². The van der Waals surface area contributed by atoms with E-state index in [2.05, 4.69) is 49.3 Å². The molecule has 1 aromatic carbocycles. The Labute approximate surface area is 102 Å².